The molecule has 18 heavy (non-hydrogen) atoms. The van der Waals surface area contributed by atoms with E-state index in [1.807, 2.05) is 0 Å². The number of nitrogens with zero attached hydrogens (tertiary/aromatic N) is 2. The number of nitrogens with two attached hydrogens (primary N) is 1. The highest BCUT2D eigenvalue weighted by Gasteiger charge is 2.57. The molecule has 3 unspecified atom stereocenters. The molecule has 2 N–H and O–H groups in total. The molecule has 0 radical (unpaired) electrons. The van der Waals surface area contributed by atoms with Crippen LogP contribution in [0.25, 0.3) is 0 Å². The van der Waals surface area contributed by atoms with Crippen LogP contribution in [0, 0.1) is 5.92 Å². The molecule has 7 heteroatoms. The Morgan fingerprint density at radius 1 is 1.61 bits per heavy atom. The maximum absolute atomic E-state index is 14.1. The Kier molecular flexibility index (Phi) is 3.10. The zero-order valence-corrected chi connectivity index (χ0v) is 10.1. The van der Waals surface area contributed by atoms with Crippen molar-refractivity contribution in [1.82, 2.24) is 9.55 Å². The van der Waals surface area contributed by atoms with Crippen molar-refractivity contribution in [2.24, 2.45) is 5.92 Å². The molecule has 2 heterocycles. The van der Waals surface area contributed by atoms with Crippen molar-refractivity contribution in [2.75, 3.05) is 5.73 Å². The zero-order chi connectivity index (χ0) is 13.5. The van der Waals surface area contributed by atoms with E-state index in [1.165, 1.54) is 19.2 Å². The van der Waals surface area contributed by atoms with E-state index in [2.05, 4.69) is 4.98 Å². The van der Waals surface area contributed by atoms with E-state index in [4.69, 9.17) is 10.5 Å². The Balaban J connectivity index is 2.42. The van der Waals surface area contributed by atoms with Crippen LogP contribution in [0.15, 0.2) is 17.1 Å². The molecule has 1 aliphatic rings. The number of anilines is 1. The van der Waals surface area contributed by atoms with Crippen LogP contribution < -0.4 is 11.4 Å². The van der Waals surface area contributed by atoms with Crippen molar-refractivity contribution in [3.8, 4) is 0 Å². The van der Waals surface area contributed by atoms with E-state index in [0.717, 1.165) is 4.57 Å². The zero-order valence-electron chi connectivity index (χ0n) is 10.1. The van der Waals surface area contributed by atoms with Gasteiger partial charge in [-0.3, -0.25) is 4.57 Å². The molecule has 0 aliphatic carbocycles. The van der Waals surface area contributed by atoms with Crippen LogP contribution in [0.5, 0.6) is 0 Å². The van der Waals surface area contributed by atoms with E-state index in [0.29, 0.717) is 6.42 Å². The molecular weight excluding hydrogens is 244 g/mol. The first kappa shape index (κ1) is 12.9. The van der Waals surface area contributed by atoms with Crippen LogP contribution in [0.2, 0.25) is 0 Å². The lowest BCUT2D eigenvalue weighted by Crippen LogP contribution is -2.37. The van der Waals surface area contributed by atoms with Gasteiger partial charge in [0.15, 0.2) is 0 Å². The molecule has 0 amide bonds. The number of alkyl halides is 2. The minimum Gasteiger partial charge on any atom is -0.383 e. The van der Waals surface area contributed by atoms with Gasteiger partial charge in [0.2, 0.25) is 6.23 Å². The van der Waals surface area contributed by atoms with Crippen LogP contribution in [-0.4, -0.2) is 21.6 Å². The lowest BCUT2D eigenvalue weighted by Gasteiger charge is -2.21. The molecule has 1 aliphatic heterocycles. The molecule has 5 nitrogen and oxygen atoms in total. The molecule has 1 saturated heterocycles. The summed E-state index contributed by atoms with van der Waals surface area (Å²) in [6.45, 7) is 3.19. The van der Waals surface area contributed by atoms with Gasteiger partial charge in [0.1, 0.15) is 5.82 Å². The molecule has 0 bridgehead atoms. The van der Waals surface area contributed by atoms with Crippen LogP contribution in [0.3, 0.4) is 0 Å². The van der Waals surface area contributed by atoms with Crippen molar-refractivity contribution in [3.05, 3.63) is 22.7 Å². The Bertz CT molecular complexity index is 503. The fraction of sp³-hybridized carbons (Fsp3) is 0.636. The largest absolute Gasteiger partial charge is 0.383 e. The molecule has 0 aromatic carbocycles. The van der Waals surface area contributed by atoms with Crippen molar-refractivity contribution in [3.63, 3.8) is 0 Å². The van der Waals surface area contributed by atoms with Gasteiger partial charge in [-0.1, -0.05) is 13.8 Å². The van der Waals surface area contributed by atoms with E-state index in [9.17, 15) is 13.6 Å². The smallest absolute Gasteiger partial charge is 0.351 e. The number of hydrogen-bond donors (Lipinski definition) is 1. The number of aromatic nitrogens is 2. The fourth-order valence-corrected chi connectivity index (χ4v) is 2.15. The van der Waals surface area contributed by atoms with Gasteiger partial charge >= 0.3 is 5.69 Å². The SMILES string of the molecule is CCC1OC(n2ccc(N)nc2=O)C(F)(F)C1C. The second-order valence-electron chi connectivity index (χ2n) is 4.44. The van der Waals surface area contributed by atoms with Gasteiger partial charge in [-0.15, -0.1) is 0 Å². The van der Waals surface area contributed by atoms with Crippen LogP contribution in [0.4, 0.5) is 14.6 Å². The van der Waals surface area contributed by atoms with Gasteiger partial charge in [-0.05, 0) is 12.5 Å². The van der Waals surface area contributed by atoms with E-state index >= 15 is 0 Å². The minimum atomic E-state index is -3.11. The Hall–Kier alpha value is -1.50. The predicted octanol–water partition coefficient (Wildman–Crippen LogP) is 1.40. The second-order valence-corrected chi connectivity index (χ2v) is 4.44. The summed E-state index contributed by atoms with van der Waals surface area (Å²) in [4.78, 5) is 15.0. The molecule has 100 valence electrons. The Labute approximate surface area is 103 Å². The minimum absolute atomic E-state index is 0.00217. The first-order valence-corrected chi connectivity index (χ1v) is 5.75. The number of halogens is 2. The summed E-state index contributed by atoms with van der Waals surface area (Å²) in [6, 6.07) is 1.30. The highest BCUT2D eigenvalue weighted by molar-refractivity contribution is 5.23. The van der Waals surface area contributed by atoms with Gasteiger partial charge in [0.25, 0.3) is 5.92 Å². The van der Waals surface area contributed by atoms with E-state index in [-0.39, 0.29) is 5.82 Å². The summed E-state index contributed by atoms with van der Waals surface area (Å²) >= 11 is 0. The second kappa shape index (κ2) is 4.31. The number of rotatable bonds is 2. The Morgan fingerprint density at radius 2 is 2.28 bits per heavy atom. The topological polar surface area (TPSA) is 70.1 Å². The van der Waals surface area contributed by atoms with Gasteiger partial charge in [-0.2, -0.15) is 4.98 Å². The maximum atomic E-state index is 14.1. The van der Waals surface area contributed by atoms with Gasteiger partial charge in [-0.25, -0.2) is 13.6 Å². The van der Waals surface area contributed by atoms with Crippen LogP contribution >= 0.6 is 0 Å². The summed E-state index contributed by atoms with van der Waals surface area (Å²) in [5.74, 6) is -4.06. The molecule has 3 atom stereocenters. The van der Waals surface area contributed by atoms with Crippen molar-refractivity contribution < 1.29 is 13.5 Å². The number of ether oxygens (including phenoxy) is 1. The Morgan fingerprint density at radius 3 is 2.78 bits per heavy atom. The first-order chi connectivity index (χ1) is 8.37. The van der Waals surface area contributed by atoms with Crippen LogP contribution in [-0.2, 0) is 4.74 Å². The molecule has 0 spiro atoms. The summed E-state index contributed by atoms with van der Waals surface area (Å²) in [7, 11) is 0. The normalized spacial score (nSPS) is 30.6. The molecule has 1 fully saturated rings. The van der Waals surface area contributed by atoms with Gasteiger partial charge < -0.3 is 10.5 Å². The highest BCUT2D eigenvalue weighted by atomic mass is 19.3. The predicted molar refractivity (Wildman–Crippen MR) is 61.2 cm³/mol. The molecule has 1 aromatic rings. The standard InChI is InChI=1S/C11H15F2N3O2/c1-3-7-6(2)11(12,13)9(18-7)16-5-4-8(14)15-10(16)17/h4-7,9H,3H2,1-2H3,(H2,14,15,17). The third kappa shape index (κ3) is 1.88. The fourth-order valence-electron chi connectivity index (χ4n) is 2.15. The van der Waals surface area contributed by atoms with Crippen molar-refractivity contribution in [2.45, 2.75) is 38.5 Å². The summed E-state index contributed by atoms with van der Waals surface area (Å²) < 4.78 is 34.2. The lowest BCUT2D eigenvalue weighted by molar-refractivity contribution is -0.125. The van der Waals surface area contributed by atoms with Crippen molar-refractivity contribution >= 4 is 5.82 Å². The third-order valence-corrected chi connectivity index (χ3v) is 3.30. The quantitative estimate of drug-likeness (QED) is 0.871. The van der Waals surface area contributed by atoms with Crippen molar-refractivity contribution in [1.29, 1.82) is 0 Å². The summed E-state index contributed by atoms with van der Waals surface area (Å²) in [5.41, 5.74) is 4.49. The molecular formula is C11H15F2N3O2. The third-order valence-electron chi connectivity index (χ3n) is 3.30. The lowest BCUT2D eigenvalue weighted by atomic mass is 9.98. The first-order valence-electron chi connectivity index (χ1n) is 5.75. The average molecular weight is 259 g/mol. The van der Waals surface area contributed by atoms with E-state index < -0.39 is 29.9 Å². The van der Waals surface area contributed by atoms with Crippen LogP contribution in [0.1, 0.15) is 26.5 Å². The summed E-state index contributed by atoms with van der Waals surface area (Å²) in [6.07, 6.45) is -0.536. The maximum Gasteiger partial charge on any atom is 0.351 e. The molecule has 0 saturated carbocycles. The number of nitrogen functional groups attached to an aromatic ring is 1. The monoisotopic (exact) mass is 259 g/mol. The van der Waals surface area contributed by atoms with Gasteiger partial charge in [0.05, 0.1) is 12.0 Å². The molecule has 2 rings (SSSR count). The molecule has 1 aromatic heterocycles. The van der Waals surface area contributed by atoms with E-state index in [1.54, 1.807) is 6.92 Å². The average Bonchev–Trinajstić information content (AvgIpc) is 2.52. The number of hydrogen-bond acceptors (Lipinski definition) is 4. The van der Waals surface area contributed by atoms with Gasteiger partial charge in [0, 0.05) is 6.20 Å². The summed E-state index contributed by atoms with van der Waals surface area (Å²) in [5, 5.41) is 0. The highest BCUT2D eigenvalue weighted by Crippen LogP contribution is 2.46.